The molecule has 0 aliphatic carbocycles. The van der Waals surface area contributed by atoms with Crippen LogP contribution in [0.2, 0.25) is 0 Å². The van der Waals surface area contributed by atoms with Crippen molar-refractivity contribution in [2.24, 2.45) is 0 Å². The predicted molar refractivity (Wildman–Crippen MR) is 106 cm³/mol. The third kappa shape index (κ3) is 2.88. The number of aromatic carboxylic acids is 1. The molecule has 9 nitrogen and oxygen atoms in total. The fraction of sp³-hybridized carbons (Fsp3) is 0.211. The average molecular weight is 408 g/mol. The summed E-state index contributed by atoms with van der Waals surface area (Å²) in [5.74, 6) is -1.46. The van der Waals surface area contributed by atoms with Crippen molar-refractivity contribution < 1.29 is 14.7 Å². The number of fused-ring (bicyclic) bond motifs is 2. The predicted octanol–water partition coefficient (Wildman–Crippen LogP) is 2.86. The van der Waals surface area contributed by atoms with E-state index in [4.69, 9.17) is 5.11 Å². The van der Waals surface area contributed by atoms with E-state index in [1.54, 1.807) is 11.4 Å². The summed E-state index contributed by atoms with van der Waals surface area (Å²) in [4.78, 5) is 29.8. The first-order chi connectivity index (χ1) is 14.0. The second kappa shape index (κ2) is 6.52. The van der Waals surface area contributed by atoms with E-state index in [1.807, 2.05) is 17.1 Å². The number of thiazole rings is 1. The standard InChI is InChI=1S/C19H16N6O3S/c1-10-14(5-11(6-20-10)19(27)28)23-17(26)13-8-22-25-9-16(29-18(13)25)12-7-21-24-4-2-3-15(12)24/h5-9H,2-4H2,1H3,(H,23,26)(H,27,28). The molecule has 0 bridgehead atoms. The molecule has 29 heavy (non-hydrogen) atoms. The van der Waals surface area contributed by atoms with Gasteiger partial charge < -0.3 is 10.4 Å². The SMILES string of the molecule is Cc1ncc(C(=O)O)cc1NC(=O)c1cnn2cc(-c3cnn4c3CCC4)sc12. The summed E-state index contributed by atoms with van der Waals surface area (Å²) < 4.78 is 3.71. The summed E-state index contributed by atoms with van der Waals surface area (Å²) in [6.45, 7) is 2.65. The lowest BCUT2D eigenvalue weighted by atomic mass is 10.2. The Balaban J connectivity index is 1.48. The number of rotatable bonds is 4. The van der Waals surface area contributed by atoms with Crippen LogP contribution in [0.4, 0.5) is 5.69 Å². The van der Waals surface area contributed by atoms with Gasteiger partial charge in [0.15, 0.2) is 0 Å². The monoisotopic (exact) mass is 408 g/mol. The Kier molecular flexibility index (Phi) is 3.95. The Morgan fingerprint density at radius 2 is 2.10 bits per heavy atom. The molecule has 4 aromatic heterocycles. The first-order valence-electron chi connectivity index (χ1n) is 9.05. The number of aryl methyl sites for hydroxylation is 2. The summed E-state index contributed by atoms with van der Waals surface area (Å²) in [5.41, 5.74) is 3.63. The molecule has 0 saturated carbocycles. The highest BCUT2D eigenvalue weighted by molar-refractivity contribution is 7.21. The summed E-state index contributed by atoms with van der Waals surface area (Å²) in [5, 5.41) is 20.6. The normalized spacial score (nSPS) is 13.0. The van der Waals surface area contributed by atoms with Crippen LogP contribution in [0, 0.1) is 6.92 Å². The minimum atomic E-state index is -1.10. The van der Waals surface area contributed by atoms with Gasteiger partial charge in [0.25, 0.3) is 5.91 Å². The van der Waals surface area contributed by atoms with Gasteiger partial charge in [-0.25, -0.2) is 9.31 Å². The van der Waals surface area contributed by atoms with Gasteiger partial charge in [0.1, 0.15) is 4.83 Å². The lowest BCUT2D eigenvalue weighted by Gasteiger charge is -2.07. The van der Waals surface area contributed by atoms with Gasteiger partial charge in [-0.05, 0) is 25.8 Å². The van der Waals surface area contributed by atoms with E-state index in [2.05, 4.69) is 20.5 Å². The summed E-state index contributed by atoms with van der Waals surface area (Å²) in [7, 11) is 0. The molecule has 0 unspecified atom stereocenters. The Morgan fingerprint density at radius 3 is 2.93 bits per heavy atom. The Bertz CT molecular complexity index is 1280. The smallest absolute Gasteiger partial charge is 0.337 e. The van der Waals surface area contributed by atoms with Crippen molar-refractivity contribution in [3.8, 4) is 10.4 Å². The lowest BCUT2D eigenvalue weighted by molar-refractivity contribution is 0.0696. The number of hydrogen-bond donors (Lipinski definition) is 2. The van der Waals surface area contributed by atoms with E-state index in [9.17, 15) is 9.59 Å². The third-order valence-corrected chi connectivity index (χ3v) is 6.17. The highest BCUT2D eigenvalue weighted by Gasteiger charge is 2.22. The molecule has 10 heteroatoms. The minimum absolute atomic E-state index is 0.0135. The highest BCUT2D eigenvalue weighted by atomic mass is 32.1. The van der Waals surface area contributed by atoms with Gasteiger partial charge in [-0.2, -0.15) is 10.2 Å². The average Bonchev–Trinajstić information content (AvgIpc) is 3.43. The first kappa shape index (κ1) is 17.6. The van der Waals surface area contributed by atoms with Crippen LogP contribution in [-0.2, 0) is 13.0 Å². The Morgan fingerprint density at radius 1 is 1.24 bits per heavy atom. The zero-order chi connectivity index (χ0) is 20.1. The van der Waals surface area contributed by atoms with Crippen molar-refractivity contribution in [1.82, 2.24) is 24.4 Å². The minimum Gasteiger partial charge on any atom is -0.478 e. The zero-order valence-corrected chi connectivity index (χ0v) is 16.2. The number of pyridine rings is 1. The maximum Gasteiger partial charge on any atom is 0.337 e. The van der Waals surface area contributed by atoms with Crippen molar-refractivity contribution in [3.05, 3.63) is 53.4 Å². The van der Waals surface area contributed by atoms with E-state index in [0.717, 1.165) is 34.7 Å². The van der Waals surface area contributed by atoms with Crippen molar-refractivity contribution in [2.45, 2.75) is 26.3 Å². The van der Waals surface area contributed by atoms with Gasteiger partial charge in [-0.3, -0.25) is 14.5 Å². The Hall–Kier alpha value is -3.53. The van der Waals surface area contributed by atoms with E-state index >= 15 is 0 Å². The van der Waals surface area contributed by atoms with Crippen LogP contribution in [0.3, 0.4) is 0 Å². The van der Waals surface area contributed by atoms with Gasteiger partial charge in [0.05, 0.1) is 39.8 Å². The van der Waals surface area contributed by atoms with Gasteiger partial charge in [-0.15, -0.1) is 11.3 Å². The summed E-state index contributed by atoms with van der Waals surface area (Å²) in [6, 6.07) is 1.40. The molecular weight excluding hydrogens is 392 g/mol. The number of carboxylic acid groups (broad SMARTS) is 1. The summed E-state index contributed by atoms with van der Waals surface area (Å²) >= 11 is 1.48. The second-order valence-electron chi connectivity index (χ2n) is 6.85. The van der Waals surface area contributed by atoms with Gasteiger partial charge in [0.2, 0.25) is 0 Å². The van der Waals surface area contributed by atoms with Crippen LogP contribution in [0.25, 0.3) is 15.3 Å². The van der Waals surface area contributed by atoms with Crippen molar-refractivity contribution >= 4 is 33.7 Å². The number of nitrogens with one attached hydrogen (secondary N) is 1. The number of carbonyl (C=O) groups is 2. The van der Waals surface area contributed by atoms with Crippen molar-refractivity contribution in [1.29, 1.82) is 0 Å². The van der Waals surface area contributed by atoms with E-state index < -0.39 is 5.97 Å². The Labute approximate surface area is 168 Å². The number of carboxylic acids is 1. The summed E-state index contributed by atoms with van der Waals surface area (Å²) in [6.07, 6.45) is 8.64. The molecule has 0 radical (unpaired) electrons. The highest BCUT2D eigenvalue weighted by Crippen LogP contribution is 2.34. The van der Waals surface area contributed by atoms with Crippen LogP contribution in [0.5, 0.6) is 0 Å². The fourth-order valence-electron chi connectivity index (χ4n) is 3.50. The molecule has 4 aromatic rings. The van der Waals surface area contributed by atoms with Gasteiger partial charge >= 0.3 is 5.97 Å². The number of carbonyl (C=O) groups excluding carboxylic acids is 1. The molecule has 0 spiro atoms. The number of hydrogen-bond acceptors (Lipinski definition) is 6. The zero-order valence-electron chi connectivity index (χ0n) is 15.4. The van der Waals surface area contributed by atoms with Crippen LogP contribution in [-0.4, -0.2) is 41.4 Å². The maximum absolute atomic E-state index is 12.9. The topological polar surface area (TPSA) is 114 Å². The molecule has 2 N–H and O–H groups in total. The lowest BCUT2D eigenvalue weighted by Crippen LogP contribution is -2.13. The third-order valence-electron chi connectivity index (χ3n) is 5.02. The molecule has 5 rings (SSSR count). The van der Waals surface area contributed by atoms with Crippen LogP contribution < -0.4 is 5.32 Å². The maximum atomic E-state index is 12.9. The van der Waals surface area contributed by atoms with Crippen LogP contribution in [0.1, 0.15) is 38.5 Å². The number of aromatic nitrogens is 5. The molecule has 0 saturated heterocycles. The van der Waals surface area contributed by atoms with Crippen molar-refractivity contribution in [2.75, 3.05) is 5.32 Å². The molecule has 1 aliphatic rings. The molecule has 0 aromatic carbocycles. The molecule has 1 aliphatic heterocycles. The van der Waals surface area contributed by atoms with Crippen LogP contribution in [0.15, 0.2) is 30.9 Å². The molecule has 5 heterocycles. The largest absolute Gasteiger partial charge is 0.478 e. The molecule has 0 atom stereocenters. The first-order valence-corrected chi connectivity index (χ1v) is 9.86. The molecule has 146 valence electrons. The number of amides is 1. The van der Waals surface area contributed by atoms with Crippen LogP contribution >= 0.6 is 11.3 Å². The van der Waals surface area contributed by atoms with Crippen molar-refractivity contribution in [3.63, 3.8) is 0 Å². The van der Waals surface area contributed by atoms with E-state index in [0.29, 0.717) is 16.9 Å². The van der Waals surface area contributed by atoms with E-state index in [1.165, 1.54) is 35.5 Å². The van der Waals surface area contributed by atoms with E-state index in [-0.39, 0.29) is 11.5 Å². The molecule has 1 amide bonds. The second-order valence-corrected chi connectivity index (χ2v) is 7.88. The molecular formula is C19H16N6O3S. The van der Waals surface area contributed by atoms with Gasteiger partial charge in [-0.1, -0.05) is 0 Å². The van der Waals surface area contributed by atoms with Gasteiger partial charge in [0, 0.05) is 30.2 Å². The fourth-order valence-corrected chi connectivity index (χ4v) is 4.59. The number of anilines is 1. The molecule has 0 fully saturated rings. The number of nitrogens with zero attached hydrogens (tertiary/aromatic N) is 5. The quantitative estimate of drug-likeness (QED) is 0.537.